The van der Waals surface area contributed by atoms with Gasteiger partial charge < -0.3 is 10.0 Å². The van der Waals surface area contributed by atoms with Gasteiger partial charge in [-0.2, -0.15) is 0 Å². The van der Waals surface area contributed by atoms with E-state index in [-0.39, 0.29) is 17.2 Å². The molecule has 28 heavy (non-hydrogen) atoms. The van der Waals surface area contributed by atoms with Crippen molar-refractivity contribution in [3.8, 4) is 0 Å². The van der Waals surface area contributed by atoms with Crippen LogP contribution in [-0.4, -0.2) is 43.4 Å². The van der Waals surface area contributed by atoms with Crippen LogP contribution < -0.4 is 4.72 Å². The zero-order valence-corrected chi connectivity index (χ0v) is 15.7. The summed E-state index contributed by atoms with van der Waals surface area (Å²) in [5.74, 6) is -2.88. The minimum atomic E-state index is -4.22. The number of carbonyl (C=O) groups excluding carboxylic acids is 1. The fourth-order valence-corrected chi connectivity index (χ4v) is 4.17. The number of piperidine rings is 1. The molecule has 148 valence electrons. The summed E-state index contributed by atoms with van der Waals surface area (Å²) in [7, 11) is -4.22. The third kappa shape index (κ3) is 4.14. The Hall–Kier alpha value is -2.94. The molecule has 0 radical (unpaired) electrons. The van der Waals surface area contributed by atoms with Gasteiger partial charge in [0.1, 0.15) is 5.82 Å². The van der Waals surface area contributed by atoms with Crippen molar-refractivity contribution in [2.45, 2.75) is 24.2 Å². The number of aromatic carboxylic acids is 1. The van der Waals surface area contributed by atoms with Crippen LogP contribution in [-0.2, 0) is 10.0 Å². The highest BCUT2D eigenvalue weighted by Crippen LogP contribution is 2.24. The van der Waals surface area contributed by atoms with E-state index in [0.717, 1.165) is 37.5 Å². The monoisotopic (exact) mass is 406 g/mol. The van der Waals surface area contributed by atoms with E-state index in [9.17, 15) is 22.4 Å². The number of para-hydroxylation sites is 1. The lowest BCUT2D eigenvalue weighted by Gasteiger charge is -2.27. The fourth-order valence-electron chi connectivity index (χ4n) is 3.07. The summed E-state index contributed by atoms with van der Waals surface area (Å²) in [5.41, 5.74) is -0.464. The molecule has 1 heterocycles. The van der Waals surface area contributed by atoms with Gasteiger partial charge in [-0.3, -0.25) is 9.52 Å². The molecule has 2 aromatic carbocycles. The number of halogens is 1. The SMILES string of the molecule is O=C(O)c1cc(S(=O)(=O)Nc2ccccc2C(=O)N2CCCCC2)ccc1F. The number of nitrogens with one attached hydrogen (secondary N) is 1. The summed E-state index contributed by atoms with van der Waals surface area (Å²) in [6, 6.07) is 8.70. The zero-order chi connectivity index (χ0) is 20.3. The van der Waals surface area contributed by atoms with Crippen molar-refractivity contribution in [3.63, 3.8) is 0 Å². The number of carboxylic acid groups (broad SMARTS) is 1. The van der Waals surface area contributed by atoms with Gasteiger partial charge >= 0.3 is 5.97 Å². The highest BCUT2D eigenvalue weighted by molar-refractivity contribution is 7.92. The number of carboxylic acids is 1. The number of hydrogen-bond acceptors (Lipinski definition) is 4. The first-order chi connectivity index (χ1) is 13.3. The van der Waals surface area contributed by atoms with Gasteiger partial charge in [0.05, 0.1) is 21.7 Å². The number of likely N-dealkylation sites (tertiary alicyclic amines) is 1. The Bertz CT molecular complexity index is 1020. The smallest absolute Gasteiger partial charge is 0.338 e. The molecule has 1 amide bonds. The molecule has 0 spiro atoms. The quantitative estimate of drug-likeness (QED) is 0.795. The Morgan fingerprint density at radius 1 is 1.00 bits per heavy atom. The highest BCUT2D eigenvalue weighted by Gasteiger charge is 2.24. The van der Waals surface area contributed by atoms with Crippen LogP contribution in [0.5, 0.6) is 0 Å². The van der Waals surface area contributed by atoms with Crippen molar-refractivity contribution in [3.05, 3.63) is 59.4 Å². The fraction of sp³-hybridized carbons (Fsp3) is 0.263. The van der Waals surface area contributed by atoms with Crippen LogP contribution in [0.3, 0.4) is 0 Å². The molecule has 0 atom stereocenters. The molecule has 1 aliphatic heterocycles. The maximum absolute atomic E-state index is 13.6. The van der Waals surface area contributed by atoms with E-state index in [0.29, 0.717) is 13.1 Å². The van der Waals surface area contributed by atoms with Gasteiger partial charge in [-0.25, -0.2) is 17.6 Å². The standard InChI is InChI=1S/C19H19FN2O5S/c20-16-9-8-13(12-15(16)19(24)25)28(26,27)21-17-7-3-2-6-14(17)18(23)22-10-4-1-5-11-22/h2-3,6-9,12,21H,1,4-5,10-11H2,(H,24,25). The van der Waals surface area contributed by atoms with Gasteiger partial charge in [0.15, 0.2) is 0 Å². The average molecular weight is 406 g/mol. The maximum Gasteiger partial charge on any atom is 0.338 e. The molecular formula is C19H19FN2O5S. The molecule has 2 aromatic rings. The zero-order valence-electron chi connectivity index (χ0n) is 14.9. The van der Waals surface area contributed by atoms with Gasteiger partial charge in [0.25, 0.3) is 15.9 Å². The number of rotatable bonds is 5. The van der Waals surface area contributed by atoms with Crippen molar-refractivity contribution in [2.24, 2.45) is 0 Å². The van der Waals surface area contributed by atoms with Crippen LogP contribution >= 0.6 is 0 Å². The lowest BCUT2D eigenvalue weighted by Crippen LogP contribution is -2.36. The maximum atomic E-state index is 13.6. The van der Waals surface area contributed by atoms with Crippen LogP contribution in [0.4, 0.5) is 10.1 Å². The molecule has 7 nitrogen and oxygen atoms in total. The van der Waals surface area contributed by atoms with Gasteiger partial charge in [-0.15, -0.1) is 0 Å². The number of amides is 1. The molecule has 3 rings (SSSR count). The predicted molar refractivity (Wildman–Crippen MR) is 100 cm³/mol. The number of nitrogens with zero attached hydrogens (tertiary/aromatic N) is 1. The summed E-state index contributed by atoms with van der Waals surface area (Å²) in [4.78, 5) is 25.1. The predicted octanol–water partition coefficient (Wildman–Crippen LogP) is 2.95. The summed E-state index contributed by atoms with van der Waals surface area (Å²) >= 11 is 0. The van der Waals surface area contributed by atoms with Crippen molar-refractivity contribution in [2.75, 3.05) is 17.8 Å². The van der Waals surface area contributed by atoms with E-state index in [1.807, 2.05) is 0 Å². The Kier molecular flexibility index (Phi) is 5.64. The first-order valence-electron chi connectivity index (χ1n) is 8.73. The van der Waals surface area contributed by atoms with E-state index in [4.69, 9.17) is 5.11 Å². The minimum absolute atomic E-state index is 0.0827. The summed E-state index contributed by atoms with van der Waals surface area (Å²) in [6.07, 6.45) is 2.84. The molecule has 9 heteroatoms. The number of sulfonamides is 1. The highest BCUT2D eigenvalue weighted by atomic mass is 32.2. The molecule has 0 bridgehead atoms. The second kappa shape index (κ2) is 7.97. The first kappa shape index (κ1) is 19.8. The van der Waals surface area contributed by atoms with Crippen molar-refractivity contribution in [1.82, 2.24) is 4.90 Å². The Morgan fingerprint density at radius 3 is 2.36 bits per heavy atom. The number of hydrogen-bond donors (Lipinski definition) is 2. The van der Waals surface area contributed by atoms with Crippen molar-refractivity contribution < 1.29 is 27.5 Å². The average Bonchev–Trinajstić information content (AvgIpc) is 2.68. The van der Waals surface area contributed by atoms with E-state index in [2.05, 4.69) is 4.72 Å². The van der Waals surface area contributed by atoms with Crippen LogP contribution in [0, 0.1) is 5.82 Å². The Balaban J connectivity index is 1.92. The molecule has 1 saturated heterocycles. The Morgan fingerprint density at radius 2 is 1.68 bits per heavy atom. The minimum Gasteiger partial charge on any atom is -0.478 e. The van der Waals surface area contributed by atoms with E-state index in [1.165, 1.54) is 12.1 Å². The molecular weight excluding hydrogens is 387 g/mol. The van der Waals surface area contributed by atoms with E-state index in [1.54, 1.807) is 17.0 Å². The van der Waals surface area contributed by atoms with Crippen LogP contribution in [0.1, 0.15) is 40.0 Å². The topological polar surface area (TPSA) is 104 Å². The third-order valence-electron chi connectivity index (χ3n) is 4.52. The molecule has 0 unspecified atom stereocenters. The molecule has 0 aromatic heterocycles. The molecule has 2 N–H and O–H groups in total. The molecule has 1 fully saturated rings. The normalized spacial score (nSPS) is 14.5. The summed E-state index contributed by atoms with van der Waals surface area (Å²) in [6.45, 7) is 1.22. The van der Waals surface area contributed by atoms with Gasteiger partial charge in [0, 0.05) is 13.1 Å². The molecule has 0 aliphatic carbocycles. The number of anilines is 1. The van der Waals surface area contributed by atoms with E-state index >= 15 is 0 Å². The second-order valence-corrected chi connectivity index (χ2v) is 8.13. The van der Waals surface area contributed by atoms with Crippen LogP contribution in [0.25, 0.3) is 0 Å². The van der Waals surface area contributed by atoms with Crippen LogP contribution in [0.2, 0.25) is 0 Å². The lowest BCUT2D eigenvalue weighted by atomic mass is 10.1. The first-order valence-corrected chi connectivity index (χ1v) is 10.2. The van der Waals surface area contributed by atoms with E-state index < -0.39 is 32.3 Å². The van der Waals surface area contributed by atoms with Crippen molar-refractivity contribution in [1.29, 1.82) is 0 Å². The summed E-state index contributed by atoms with van der Waals surface area (Å²) in [5, 5.41) is 9.00. The Labute approximate surface area is 161 Å². The van der Waals surface area contributed by atoms with Gasteiger partial charge in [0.2, 0.25) is 0 Å². The second-order valence-electron chi connectivity index (χ2n) is 6.45. The lowest BCUT2D eigenvalue weighted by molar-refractivity contribution is 0.0689. The van der Waals surface area contributed by atoms with Gasteiger partial charge in [-0.05, 0) is 49.6 Å². The number of benzene rings is 2. The largest absolute Gasteiger partial charge is 0.478 e. The van der Waals surface area contributed by atoms with Crippen molar-refractivity contribution >= 4 is 27.6 Å². The van der Waals surface area contributed by atoms with Gasteiger partial charge in [-0.1, -0.05) is 12.1 Å². The molecule has 1 aliphatic rings. The molecule has 0 saturated carbocycles. The third-order valence-corrected chi connectivity index (χ3v) is 5.89. The van der Waals surface area contributed by atoms with Crippen LogP contribution in [0.15, 0.2) is 47.4 Å². The number of carbonyl (C=O) groups is 2. The summed E-state index contributed by atoms with van der Waals surface area (Å²) < 4.78 is 41.3.